The molecule has 3 rings (SSSR count). The van der Waals surface area contributed by atoms with Crippen LogP contribution >= 0.6 is 0 Å². The Kier molecular flexibility index (Phi) is 3.65. The molecule has 23 heavy (non-hydrogen) atoms. The van der Waals surface area contributed by atoms with E-state index in [0.717, 1.165) is 0 Å². The number of rotatable bonds is 3. The summed E-state index contributed by atoms with van der Waals surface area (Å²) in [6.07, 6.45) is 1.95. The van der Waals surface area contributed by atoms with Crippen molar-refractivity contribution < 1.29 is 19.7 Å². The van der Waals surface area contributed by atoms with Crippen LogP contribution in [0, 0.1) is 0 Å². The minimum absolute atomic E-state index is 0.235. The first kappa shape index (κ1) is 14.9. The second kappa shape index (κ2) is 5.64. The monoisotopic (exact) mass is 316 g/mol. The smallest absolute Gasteiger partial charge is 0.338 e. The number of allylic oxidation sites excluding steroid dienone is 1. The Morgan fingerprint density at radius 2 is 2.17 bits per heavy atom. The van der Waals surface area contributed by atoms with Crippen molar-refractivity contribution >= 4 is 11.9 Å². The number of anilines is 1. The highest BCUT2D eigenvalue weighted by atomic mass is 16.5. The molecule has 8 nitrogen and oxygen atoms in total. The van der Waals surface area contributed by atoms with Crippen LogP contribution in [0.2, 0.25) is 0 Å². The Hall–Kier alpha value is -3.03. The number of fused-ring (bicyclic) bond motifs is 1. The van der Waals surface area contributed by atoms with E-state index in [4.69, 9.17) is 4.74 Å². The summed E-state index contributed by atoms with van der Waals surface area (Å²) >= 11 is 0. The summed E-state index contributed by atoms with van der Waals surface area (Å²) in [6.45, 7) is 1.91. The van der Waals surface area contributed by atoms with Crippen LogP contribution in [0.5, 0.6) is 11.5 Å². The van der Waals surface area contributed by atoms with Gasteiger partial charge in [-0.2, -0.15) is 10.1 Å². The molecule has 8 heteroatoms. The zero-order valence-corrected chi connectivity index (χ0v) is 12.6. The van der Waals surface area contributed by atoms with Crippen LogP contribution in [0.15, 0.2) is 35.8 Å². The molecule has 0 fully saturated rings. The van der Waals surface area contributed by atoms with Crippen molar-refractivity contribution in [1.29, 1.82) is 0 Å². The van der Waals surface area contributed by atoms with Gasteiger partial charge in [0, 0.05) is 5.70 Å². The summed E-state index contributed by atoms with van der Waals surface area (Å²) in [4.78, 5) is 16.4. The van der Waals surface area contributed by atoms with Crippen molar-refractivity contribution in [2.75, 3.05) is 12.4 Å². The van der Waals surface area contributed by atoms with Gasteiger partial charge in [-0.3, -0.25) is 0 Å². The molecule has 0 amide bonds. The van der Waals surface area contributed by atoms with Crippen molar-refractivity contribution in [3.8, 4) is 11.5 Å². The van der Waals surface area contributed by atoms with Crippen LogP contribution in [0.4, 0.5) is 5.95 Å². The van der Waals surface area contributed by atoms with Crippen molar-refractivity contribution in [2.45, 2.75) is 19.4 Å². The Labute approximate surface area is 132 Å². The quantitative estimate of drug-likeness (QED) is 0.582. The van der Waals surface area contributed by atoms with E-state index < -0.39 is 12.0 Å². The number of aromatic nitrogens is 3. The molecule has 1 atom stereocenters. The molecule has 1 aromatic carbocycles. The summed E-state index contributed by atoms with van der Waals surface area (Å²) in [5.41, 5.74) is 1.65. The lowest BCUT2D eigenvalue weighted by molar-refractivity contribution is -0.136. The predicted molar refractivity (Wildman–Crippen MR) is 80.9 cm³/mol. The van der Waals surface area contributed by atoms with Crippen molar-refractivity contribution in [3.05, 3.63) is 41.4 Å². The van der Waals surface area contributed by atoms with Crippen LogP contribution in [-0.2, 0) is 9.53 Å². The third kappa shape index (κ3) is 2.37. The molecule has 3 N–H and O–H groups in total. The Balaban J connectivity index is 2.22. The first-order valence-electron chi connectivity index (χ1n) is 7.06. The molecule has 0 saturated carbocycles. The van der Waals surface area contributed by atoms with E-state index in [1.165, 1.54) is 30.3 Å². The highest BCUT2D eigenvalue weighted by Gasteiger charge is 2.35. The van der Waals surface area contributed by atoms with E-state index in [2.05, 4.69) is 15.4 Å². The molecule has 120 valence electrons. The van der Waals surface area contributed by atoms with Gasteiger partial charge in [0.25, 0.3) is 0 Å². The van der Waals surface area contributed by atoms with Crippen molar-refractivity contribution in [3.63, 3.8) is 0 Å². The number of phenols is 2. The van der Waals surface area contributed by atoms with Crippen LogP contribution < -0.4 is 5.32 Å². The highest BCUT2D eigenvalue weighted by molar-refractivity contribution is 5.92. The van der Waals surface area contributed by atoms with Gasteiger partial charge < -0.3 is 20.3 Å². The number of hydrogen-bond acceptors (Lipinski definition) is 7. The standard InChI is InChI=1S/C15H16N4O4/c1-3-9-12(14(22)23-2)13(19-15(18-9)16-7-17-19)8-4-5-10(20)11(21)6-8/h4-7,13,20-21H,3H2,1-2H3,(H,16,17,18)/t13-/m0/s1. The molecular formula is C15H16N4O4. The maximum Gasteiger partial charge on any atom is 0.338 e. The van der Waals surface area contributed by atoms with Gasteiger partial charge in [0.1, 0.15) is 12.4 Å². The number of benzene rings is 1. The molecule has 2 heterocycles. The largest absolute Gasteiger partial charge is 0.504 e. The van der Waals surface area contributed by atoms with E-state index >= 15 is 0 Å². The number of nitrogens with zero attached hydrogens (tertiary/aromatic N) is 3. The summed E-state index contributed by atoms with van der Waals surface area (Å²) < 4.78 is 6.45. The minimum Gasteiger partial charge on any atom is -0.504 e. The van der Waals surface area contributed by atoms with E-state index in [-0.39, 0.29) is 11.5 Å². The fraction of sp³-hybridized carbons (Fsp3) is 0.267. The molecule has 0 saturated heterocycles. The molecule has 1 aliphatic heterocycles. The molecule has 1 aliphatic rings. The number of nitrogens with one attached hydrogen (secondary N) is 1. The number of aromatic hydroxyl groups is 2. The van der Waals surface area contributed by atoms with E-state index in [9.17, 15) is 15.0 Å². The maximum absolute atomic E-state index is 12.3. The maximum atomic E-state index is 12.3. The number of ether oxygens (including phenoxy) is 1. The molecular weight excluding hydrogens is 300 g/mol. The molecule has 1 aromatic heterocycles. The number of esters is 1. The molecule has 0 radical (unpaired) electrons. The van der Waals surface area contributed by atoms with Crippen molar-refractivity contribution in [1.82, 2.24) is 14.8 Å². The van der Waals surface area contributed by atoms with Crippen LogP contribution in [0.25, 0.3) is 0 Å². The van der Waals surface area contributed by atoms with Gasteiger partial charge in [-0.25, -0.2) is 9.48 Å². The van der Waals surface area contributed by atoms with Gasteiger partial charge in [-0.15, -0.1) is 0 Å². The Morgan fingerprint density at radius 1 is 1.39 bits per heavy atom. The number of carbonyl (C=O) groups excluding carboxylic acids is 1. The second-order valence-electron chi connectivity index (χ2n) is 5.04. The molecule has 0 aliphatic carbocycles. The Morgan fingerprint density at radius 3 is 2.83 bits per heavy atom. The fourth-order valence-electron chi connectivity index (χ4n) is 2.66. The fourth-order valence-corrected chi connectivity index (χ4v) is 2.66. The van der Waals surface area contributed by atoms with E-state index in [1.807, 2.05) is 6.92 Å². The summed E-state index contributed by atoms with van der Waals surface area (Å²) in [5.74, 6) is -0.508. The minimum atomic E-state index is -0.609. The Bertz CT molecular complexity index is 797. The third-order valence-electron chi connectivity index (χ3n) is 3.75. The lowest BCUT2D eigenvalue weighted by Crippen LogP contribution is -2.29. The zero-order chi connectivity index (χ0) is 16.6. The number of phenolic OH excluding ortho intramolecular Hbond substituents is 2. The van der Waals surface area contributed by atoms with Gasteiger partial charge in [-0.05, 0) is 24.1 Å². The lowest BCUT2D eigenvalue weighted by atomic mass is 9.94. The topological polar surface area (TPSA) is 110 Å². The molecule has 2 aromatic rings. The molecule has 0 bridgehead atoms. The zero-order valence-electron chi connectivity index (χ0n) is 12.6. The van der Waals surface area contributed by atoms with Gasteiger partial charge in [0.15, 0.2) is 11.5 Å². The summed E-state index contributed by atoms with van der Waals surface area (Å²) in [6, 6.07) is 3.77. The molecule has 0 unspecified atom stereocenters. The SMILES string of the molecule is CCC1=C(C(=O)OC)[C@H](c2ccc(O)c(O)c2)n2ncnc2N1. The normalized spacial score (nSPS) is 16.7. The van der Waals surface area contributed by atoms with E-state index in [1.54, 1.807) is 6.07 Å². The summed E-state index contributed by atoms with van der Waals surface area (Å²) in [7, 11) is 1.31. The lowest BCUT2D eigenvalue weighted by Gasteiger charge is -2.28. The van der Waals surface area contributed by atoms with Crippen LogP contribution in [0.3, 0.4) is 0 Å². The number of hydrogen-bond donors (Lipinski definition) is 3. The van der Waals surface area contributed by atoms with Crippen LogP contribution in [-0.4, -0.2) is 38.1 Å². The average molecular weight is 316 g/mol. The van der Waals surface area contributed by atoms with Gasteiger partial charge >= 0.3 is 5.97 Å². The van der Waals surface area contributed by atoms with E-state index in [0.29, 0.717) is 29.2 Å². The average Bonchev–Trinajstić information content (AvgIpc) is 3.03. The first-order valence-corrected chi connectivity index (χ1v) is 7.06. The summed E-state index contributed by atoms with van der Waals surface area (Å²) in [5, 5.41) is 26.5. The second-order valence-corrected chi connectivity index (χ2v) is 5.04. The van der Waals surface area contributed by atoms with Crippen molar-refractivity contribution in [2.24, 2.45) is 0 Å². The molecule has 0 spiro atoms. The van der Waals surface area contributed by atoms with Crippen LogP contribution in [0.1, 0.15) is 24.9 Å². The highest BCUT2D eigenvalue weighted by Crippen LogP contribution is 2.38. The van der Waals surface area contributed by atoms with Gasteiger partial charge in [0.05, 0.1) is 12.7 Å². The predicted octanol–water partition coefficient (Wildman–Crippen LogP) is 1.54. The van der Waals surface area contributed by atoms with Gasteiger partial charge in [-0.1, -0.05) is 13.0 Å². The number of methoxy groups -OCH3 is 1. The first-order chi connectivity index (χ1) is 11.1. The number of carbonyl (C=O) groups is 1. The third-order valence-corrected chi connectivity index (χ3v) is 3.75. The van der Waals surface area contributed by atoms with Gasteiger partial charge in [0.2, 0.25) is 5.95 Å².